The standard InChI is InChI=1S/C15H16O2.C5H12O3.2C4H8O2.C2H6.2CH4O/c1-15(2,11-3-7-13(16)8-4-11)12-5-9-14(17)10-6-12;1-7-3-5(6)4-8-2;2*1-5-2-4-3-6-4;3*1-2/h3-10,16-17H,1-2H3;5-6H,3-4H2,1-2H3;2*4H,2-3H2,1H3;1-2H3;2*2H,1H3. The third kappa shape index (κ3) is 24.8. The average molecular weight is 619 g/mol. The summed E-state index contributed by atoms with van der Waals surface area (Å²) < 4.78 is 28.4. The summed E-state index contributed by atoms with van der Waals surface area (Å²) in [5.74, 6) is 0.547. The molecule has 0 saturated carbocycles. The molecule has 0 amide bonds. The van der Waals surface area contributed by atoms with Crippen LogP contribution in [0.4, 0.5) is 0 Å². The average Bonchev–Trinajstić information content (AvgIpc) is 3.96. The Hall–Kier alpha value is -2.32. The van der Waals surface area contributed by atoms with E-state index in [1.54, 1.807) is 52.7 Å². The number of aliphatic hydroxyl groups excluding tert-OH is 3. The van der Waals surface area contributed by atoms with E-state index in [-0.39, 0.29) is 16.9 Å². The predicted molar refractivity (Wildman–Crippen MR) is 169 cm³/mol. The van der Waals surface area contributed by atoms with Crippen molar-refractivity contribution in [2.75, 3.05) is 82.3 Å². The maximum Gasteiger partial charge on any atom is 0.115 e. The van der Waals surface area contributed by atoms with Crippen molar-refractivity contribution in [3.8, 4) is 11.5 Å². The first-order valence-corrected chi connectivity index (χ1v) is 14.0. The molecule has 2 aromatic carbocycles. The summed E-state index contributed by atoms with van der Waals surface area (Å²) in [5, 5.41) is 41.4. The molecule has 11 heteroatoms. The fraction of sp³-hybridized carbons (Fsp3) is 0.625. The summed E-state index contributed by atoms with van der Waals surface area (Å²) in [6.07, 6.45) is 0.370. The number of hydrogen-bond donors (Lipinski definition) is 5. The molecule has 0 spiro atoms. The van der Waals surface area contributed by atoms with E-state index in [2.05, 4.69) is 23.3 Å². The summed E-state index contributed by atoms with van der Waals surface area (Å²) in [6.45, 7) is 12.2. The van der Waals surface area contributed by atoms with Gasteiger partial charge in [-0.3, -0.25) is 0 Å². The molecular weight excluding hydrogens is 560 g/mol. The molecule has 2 fully saturated rings. The Morgan fingerprint density at radius 3 is 1.12 bits per heavy atom. The van der Waals surface area contributed by atoms with Gasteiger partial charge in [-0.2, -0.15) is 0 Å². The zero-order chi connectivity index (χ0) is 33.7. The van der Waals surface area contributed by atoms with Gasteiger partial charge in [0.15, 0.2) is 0 Å². The summed E-state index contributed by atoms with van der Waals surface area (Å²) in [5.41, 5.74) is 2.10. The number of aromatic hydroxyl groups is 2. The second-order valence-corrected chi connectivity index (χ2v) is 9.10. The second-order valence-electron chi connectivity index (χ2n) is 9.10. The van der Waals surface area contributed by atoms with Crippen molar-refractivity contribution < 1.29 is 54.0 Å². The fourth-order valence-corrected chi connectivity index (χ4v) is 3.06. The molecular formula is C32H58O11. The lowest BCUT2D eigenvalue weighted by Gasteiger charge is -2.26. The van der Waals surface area contributed by atoms with Gasteiger partial charge in [0.2, 0.25) is 0 Å². The van der Waals surface area contributed by atoms with E-state index in [4.69, 9.17) is 34.3 Å². The van der Waals surface area contributed by atoms with Gasteiger partial charge in [-0.15, -0.1) is 0 Å². The van der Waals surface area contributed by atoms with Gasteiger partial charge in [0.1, 0.15) is 29.8 Å². The molecule has 0 radical (unpaired) electrons. The van der Waals surface area contributed by atoms with Crippen LogP contribution in [0.5, 0.6) is 11.5 Å². The molecule has 5 N–H and O–H groups in total. The number of aliphatic hydroxyl groups is 3. The largest absolute Gasteiger partial charge is 0.508 e. The summed E-state index contributed by atoms with van der Waals surface area (Å²) >= 11 is 0. The van der Waals surface area contributed by atoms with Crippen LogP contribution < -0.4 is 0 Å². The molecule has 0 aliphatic carbocycles. The van der Waals surface area contributed by atoms with Crippen LogP contribution in [0.2, 0.25) is 0 Å². The zero-order valence-electron chi connectivity index (χ0n) is 27.8. The Labute approximate surface area is 258 Å². The molecule has 2 atom stereocenters. The fourth-order valence-electron chi connectivity index (χ4n) is 3.06. The lowest BCUT2D eigenvalue weighted by molar-refractivity contribution is 0.00980. The quantitative estimate of drug-likeness (QED) is 0.248. The van der Waals surface area contributed by atoms with Crippen molar-refractivity contribution in [3.05, 3.63) is 59.7 Å². The van der Waals surface area contributed by atoms with E-state index in [0.29, 0.717) is 25.4 Å². The first-order chi connectivity index (χ1) is 20.7. The van der Waals surface area contributed by atoms with Gasteiger partial charge >= 0.3 is 0 Å². The predicted octanol–water partition coefficient (Wildman–Crippen LogP) is 3.37. The number of phenolic OH excluding ortho intramolecular Hbond substituents is 2. The number of benzene rings is 2. The lowest BCUT2D eigenvalue weighted by Crippen LogP contribution is -2.19. The Morgan fingerprint density at radius 1 is 0.651 bits per heavy atom. The van der Waals surface area contributed by atoms with Crippen molar-refractivity contribution in [1.82, 2.24) is 0 Å². The number of hydrogen-bond acceptors (Lipinski definition) is 11. The number of phenols is 2. The first kappa shape index (κ1) is 45.1. The van der Waals surface area contributed by atoms with Gasteiger partial charge in [0.25, 0.3) is 0 Å². The highest BCUT2D eigenvalue weighted by Gasteiger charge is 2.23. The van der Waals surface area contributed by atoms with Crippen LogP contribution in [0, 0.1) is 0 Å². The Kier molecular flexibility index (Phi) is 31.2. The molecule has 2 unspecified atom stereocenters. The number of epoxide rings is 2. The summed E-state index contributed by atoms with van der Waals surface area (Å²) in [6, 6.07) is 14.4. The lowest BCUT2D eigenvalue weighted by atomic mass is 9.78. The smallest absolute Gasteiger partial charge is 0.115 e. The molecule has 4 rings (SSSR count). The number of rotatable bonds is 10. The van der Waals surface area contributed by atoms with Crippen LogP contribution >= 0.6 is 0 Å². The van der Waals surface area contributed by atoms with E-state index in [1.807, 2.05) is 38.1 Å². The molecule has 2 aliphatic rings. The van der Waals surface area contributed by atoms with Crippen LogP contribution in [-0.4, -0.2) is 126 Å². The third-order valence-electron chi connectivity index (χ3n) is 5.41. The van der Waals surface area contributed by atoms with Crippen LogP contribution in [-0.2, 0) is 33.8 Å². The highest BCUT2D eigenvalue weighted by atomic mass is 16.6. The molecule has 252 valence electrons. The molecule has 2 aliphatic heterocycles. The van der Waals surface area contributed by atoms with Crippen molar-refractivity contribution >= 4 is 0 Å². The molecule has 11 nitrogen and oxygen atoms in total. The van der Waals surface area contributed by atoms with E-state index < -0.39 is 6.10 Å². The van der Waals surface area contributed by atoms with Gasteiger partial charge in [0.05, 0.1) is 39.6 Å². The van der Waals surface area contributed by atoms with Crippen molar-refractivity contribution in [2.24, 2.45) is 0 Å². The normalized spacial score (nSPS) is 15.4. The first-order valence-electron chi connectivity index (χ1n) is 14.0. The Bertz CT molecular complexity index is 755. The molecule has 0 bridgehead atoms. The van der Waals surface area contributed by atoms with Crippen molar-refractivity contribution in [1.29, 1.82) is 0 Å². The van der Waals surface area contributed by atoms with Gasteiger partial charge < -0.3 is 54.0 Å². The Morgan fingerprint density at radius 2 is 0.930 bits per heavy atom. The maximum absolute atomic E-state index is 9.30. The van der Waals surface area contributed by atoms with Crippen LogP contribution in [0.3, 0.4) is 0 Å². The van der Waals surface area contributed by atoms with E-state index in [1.165, 1.54) is 0 Å². The molecule has 0 aromatic heterocycles. The van der Waals surface area contributed by atoms with Gasteiger partial charge in [-0.05, 0) is 35.4 Å². The van der Waals surface area contributed by atoms with Crippen LogP contribution in [0.25, 0.3) is 0 Å². The minimum atomic E-state index is -0.481. The topological polar surface area (TPSA) is 163 Å². The van der Waals surface area contributed by atoms with Crippen LogP contribution in [0.1, 0.15) is 38.8 Å². The highest BCUT2D eigenvalue weighted by Crippen LogP contribution is 2.32. The minimum Gasteiger partial charge on any atom is -0.508 e. The summed E-state index contributed by atoms with van der Waals surface area (Å²) in [7, 11) is 8.45. The maximum atomic E-state index is 9.30. The van der Waals surface area contributed by atoms with E-state index in [0.717, 1.165) is 51.8 Å². The second kappa shape index (κ2) is 29.7. The SMILES string of the molecule is CC.CC(C)(c1ccc(O)cc1)c1ccc(O)cc1.CO.CO.COCC(O)COC.COCC1CO1.COCC1CO1. The molecule has 43 heavy (non-hydrogen) atoms. The minimum absolute atomic E-state index is 0.151. The Balaban J connectivity index is -0.000000516. The van der Waals surface area contributed by atoms with Gasteiger partial charge in [-0.25, -0.2) is 0 Å². The molecule has 2 saturated heterocycles. The van der Waals surface area contributed by atoms with Gasteiger partial charge in [0, 0.05) is 48.1 Å². The van der Waals surface area contributed by atoms with Crippen molar-refractivity contribution in [2.45, 2.75) is 51.4 Å². The van der Waals surface area contributed by atoms with Crippen LogP contribution in [0.15, 0.2) is 48.5 Å². The third-order valence-corrected chi connectivity index (χ3v) is 5.41. The summed E-state index contributed by atoms with van der Waals surface area (Å²) in [4.78, 5) is 0. The zero-order valence-corrected chi connectivity index (χ0v) is 27.8. The number of methoxy groups -OCH3 is 4. The van der Waals surface area contributed by atoms with Gasteiger partial charge in [-0.1, -0.05) is 52.0 Å². The van der Waals surface area contributed by atoms with E-state index in [9.17, 15) is 10.2 Å². The van der Waals surface area contributed by atoms with E-state index >= 15 is 0 Å². The monoisotopic (exact) mass is 618 g/mol. The number of ether oxygens (including phenoxy) is 6. The van der Waals surface area contributed by atoms with Crippen molar-refractivity contribution in [3.63, 3.8) is 0 Å². The molecule has 2 aromatic rings. The molecule has 2 heterocycles. The highest BCUT2D eigenvalue weighted by molar-refractivity contribution is 5.41.